The monoisotopic (exact) mass is 321 g/mol. The van der Waals surface area contributed by atoms with E-state index in [9.17, 15) is 49.1 Å². The molecule has 0 aliphatic carbocycles. The Balaban J connectivity index is 5.46. The van der Waals surface area contributed by atoms with E-state index in [1.165, 1.54) is 0 Å². The van der Waals surface area contributed by atoms with Crippen LogP contribution in [0.3, 0.4) is 0 Å². The molecule has 0 aromatic rings. The van der Waals surface area contributed by atoms with E-state index in [0.717, 1.165) is 0 Å². The number of carboxylic acid groups (broad SMARTS) is 1. The average molecular weight is 321 g/mol. The molecule has 0 aliphatic heterocycles. The van der Waals surface area contributed by atoms with Gasteiger partial charge in [0.05, 0.1) is 0 Å². The third-order valence-electron chi connectivity index (χ3n) is 1.83. The number of carboxylic acids is 1. The van der Waals surface area contributed by atoms with E-state index in [2.05, 4.69) is 0 Å². The smallest absolute Gasteiger partial charge is 0.460 e. The van der Waals surface area contributed by atoms with Crippen molar-refractivity contribution in [2.24, 2.45) is 0 Å². The summed E-state index contributed by atoms with van der Waals surface area (Å²) < 4.78 is 110. The van der Waals surface area contributed by atoms with E-state index in [1.807, 2.05) is 0 Å². The quantitative estimate of drug-likeness (QED) is 0.757. The maximum Gasteiger partial charge on any atom is 0.460 e. The zero-order chi connectivity index (χ0) is 16.6. The molecule has 0 radical (unpaired) electrons. The van der Waals surface area contributed by atoms with E-state index in [4.69, 9.17) is 5.11 Å². The van der Waals surface area contributed by atoms with Crippen LogP contribution in [0.2, 0.25) is 0 Å². The van der Waals surface area contributed by atoms with Gasteiger partial charge in [-0.2, -0.15) is 39.5 Å². The van der Waals surface area contributed by atoms with E-state index in [0.29, 0.717) is 5.32 Å². The van der Waals surface area contributed by atoms with Crippen molar-refractivity contribution < 1.29 is 54.2 Å². The van der Waals surface area contributed by atoms with Crippen LogP contribution < -0.4 is 5.32 Å². The van der Waals surface area contributed by atoms with Crippen molar-refractivity contribution >= 4 is 11.9 Å². The van der Waals surface area contributed by atoms with Gasteiger partial charge in [-0.05, 0) is 0 Å². The lowest BCUT2D eigenvalue weighted by molar-refractivity contribution is -0.388. The van der Waals surface area contributed by atoms with Gasteiger partial charge in [-0.1, -0.05) is 0 Å². The summed E-state index contributed by atoms with van der Waals surface area (Å²) in [6, 6.07) is 0. The van der Waals surface area contributed by atoms with Gasteiger partial charge in [0.25, 0.3) is 5.91 Å². The van der Waals surface area contributed by atoms with Crippen LogP contribution in [0.25, 0.3) is 0 Å². The van der Waals surface area contributed by atoms with Crippen LogP contribution >= 0.6 is 0 Å². The Labute approximate surface area is 103 Å². The Bertz CT molecular complexity index is 403. The van der Waals surface area contributed by atoms with Gasteiger partial charge in [0, 0.05) is 0 Å². The molecule has 0 rings (SSSR count). The Kier molecular flexibility index (Phi) is 4.59. The number of carbonyl (C=O) groups is 2. The minimum absolute atomic E-state index is 0.583. The van der Waals surface area contributed by atoms with Crippen molar-refractivity contribution in [1.82, 2.24) is 5.32 Å². The fraction of sp³-hybridized carbons (Fsp3) is 0.714. The molecule has 4 nitrogen and oxygen atoms in total. The summed E-state index contributed by atoms with van der Waals surface area (Å²) in [5, 5.41) is 8.53. The highest BCUT2D eigenvalue weighted by Crippen LogP contribution is 2.52. The predicted molar refractivity (Wildman–Crippen MR) is 41.5 cm³/mol. The van der Waals surface area contributed by atoms with Crippen molar-refractivity contribution in [3.05, 3.63) is 0 Å². The number of hydrogen-bond donors (Lipinski definition) is 2. The molecule has 0 fully saturated rings. The molecule has 0 aliphatic rings. The van der Waals surface area contributed by atoms with Crippen LogP contribution in [0.15, 0.2) is 0 Å². The standard InChI is InChI=1S/C7H4F9NO3/c8-4(9,3(20)17-1-2(18)19)5(10,11)6(12,13)7(14,15)16/h1H2,(H,17,20)(H,18,19). The lowest BCUT2D eigenvalue weighted by Gasteiger charge is -2.32. The molecule has 0 aromatic heterocycles. The number of carbonyl (C=O) groups excluding carboxylic acids is 1. The molecule has 0 aromatic carbocycles. The summed E-state index contributed by atoms with van der Waals surface area (Å²) in [7, 11) is 0. The third-order valence-corrected chi connectivity index (χ3v) is 1.83. The first-order chi connectivity index (χ1) is 8.59. The van der Waals surface area contributed by atoms with Gasteiger partial charge in [-0.25, -0.2) is 0 Å². The molecule has 1 amide bonds. The molecule has 0 spiro atoms. The van der Waals surface area contributed by atoms with E-state index in [1.54, 1.807) is 0 Å². The van der Waals surface area contributed by atoms with Crippen LogP contribution in [0.1, 0.15) is 0 Å². The average Bonchev–Trinajstić information content (AvgIpc) is 2.23. The molecule has 20 heavy (non-hydrogen) atoms. The van der Waals surface area contributed by atoms with Gasteiger partial charge >= 0.3 is 29.9 Å². The van der Waals surface area contributed by atoms with Gasteiger partial charge in [-0.15, -0.1) is 0 Å². The molecule has 0 heterocycles. The van der Waals surface area contributed by atoms with Crippen LogP contribution in [-0.4, -0.2) is 47.5 Å². The molecular formula is C7H4F9NO3. The van der Waals surface area contributed by atoms with Gasteiger partial charge < -0.3 is 10.4 Å². The minimum atomic E-state index is -7.20. The van der Waals surface area contributed by atoms with E-state index in [-0.39, 0.29) is 0 Å². The van der Waals surface area contributed by atoms with Gasteiger partial charge in [-0.3, -0.25) is 9.59 Å². The first-order valence-corrected chi connectivity index (χ1v) is 4.29. The lowest BCUT2D eigenvalue weighted by atomic mass is 10.0. The molecule has 13 heteroatoms. The number of rotatable bonds is 5. The largest absolute Gasteiger partial charge is 0.480 e. The normalized spacial score (nSPS) is 14.1. The molecule has 0 saturated heterocycles. The van der Waals surface area contributed by atoms with E-state index >= 15 is 0 Å². The Morgan fingerprint density at radius 1 is 0.850 bits per heavy atom. The summed E-state index contributed by atoms with van der Waals surface area (Å²) in [5.41, 5.74) is 0. The Morgan fingerprint density at radius 2 is 1.25 bits per heavy atom. The zero-order valence-corrected chi connectivity index (χ0v) is 8.87. The van der Waals surface area contributed by atoms with Gasteiger partial charge in [0.1, 0.15) is 6.54 Å². The summed E-state index contributed by atoms with van der Waals surface area (Å²) in [5.74, 6) is -26.1. The van der Waals surface area contributed by atoms with Gasteiger partial charge in [0.15, 0.2) is 0 Å². The topological polar surface area (TPSA) is 66.4 Å². The second kappa shape index (κ2) is 5.01. The zero-order valence-electron chi connectivity index (χ0n) is 8.87. The predicted octanol–water partition coefficient (Wildman–Crippen LogP) is 1.66. The number of halogens is 9. The summed E-state index contributed by atoms with van der Waals surface area (Å²) >= 11 is 0. The van der Waals surface area contributed by atoms with Crippen molar-refractivity contribution in [1.29, 1.82) is 0 Å². The molecule has 118 valence electrons. The molecule has 0 bridgehead atoms. The summed E-state index contributed by atoms with van der Waals surface area (Å²) in [4.78, 5) is 20.3. The summed E-state index contributed by atoms with van der Waals surface area (Å²) in [6.07, 6.45) is -7.05. The van der Waals surface area contributed by atoms with Crippen LogP contribution in [0, 0.1) is 0 Å². The molecule has 0 unspecified atom stereocenters. The number of nitrogens with one attached hydrogen (secondary N) is 1. The Hall–Kier alpha value is -1.69. The lowest BCUT2D eigenvalue weighted by Crippen LogP contribution is -2.65. The molecule has 0 atom stereocenters. The van der Waals surface area contributed by atoms with Crippen LogP contribution in [0.5, 0.6) is 0 Å². The van der Waals surface area contributed by atoms with Crippen molar-refractivity contribution in [2.45, 2.75) is 23.9 Å². The second-order valence-electron chi connectivity index (χ2n) is 3.30. The number of hydrogen-bond acceptors (Lipinski definition) is 2. The number of amides is 1. The van der Waals surface area contributed by atoms with Crippen molar-refractivity contribution in [3.8, 4) is 0 Å². The number of alkyl halides is 9. The van der Waals surface area contributed by atoms with Crippen molar-refractivity contribution in [3.63, 3.8) is 0 Å². The molecule has 2 N–H and O–H groups in total. The Morgan fingerprint density at radius 3 is 1.55 bits per heavy atom. The molecule has 0 saturated carbocycles. The molecular weight excluding hydrogens is 317 g/mol. The first kappa shape index (κ1) is 18.3. The van der Waals surface area contributed by atoms with Gasteiger partial charge in [0.2, 0.25) is 0 Å². The fourth-order valence-electron chi connectivity index (χ4n) is 0.785. The maximum absolute atomic E-state index is 12.7. The SMILES string of the molecule is O=C(O)CNC(=O)C(F)(F)C(F)(F)C(F)(F)C(F)(F)F. The number of aliphatic carboxylic acids is 1. The van der Waals surface area contributed by atoms with Crippen LogP contribution in [0.4, 0.5) is 39.5 Å². The minimum Gasteiger partial charge on any atom is -0.480 e. The summed E-state index contributed by atoms with van der Waals surface area (Å²) in [6.45, 7) is -1.68. The highest BCUT2D eigenvalue weighted by Gasteiger charge is 2.83. The highest BCUT2D eigenvalue weighted by atomic mass is 19.4. The maximum atomic E-state index is 12.7. The first-order valence-electron chi connectivity index (χ1n) is 4.29. The van der Waals surface area contributed by atoms with Crippen molar-refractivity contribution in [2.75, 3.05) is 6.54 Å². The van der Waals surface area contributed by atoms with E-state index < -0.39 is 42.4 Å². The fourth-order valence-corrected chi connectivity index (χ4v) is 0.785. The second-order valence-corrected chi connectivity index (χ2v) is 3.30. The highest BCUT2D eigenvalue weighted by molar-refractivity contribution is 5.87. The van der Waals surface area contributed by atoms with Crippen LogP contribution in [-0.2, 0) is 9.59 Å². The third kappa shape index (κ3) is 2.90.